The molecule has 29 heavy (non-hydrogen) atoms. The first-order valence-corrected chi connectivity index (χ1v) is 11.7. The van der Waals surface area contributed by atoms with Crippen LogP contribution in [0.1, 0.15) is 30.9 Å². The minimum Gasteiger partial charge on any atom is -0.494 e. The molecule has 0 saturated carbocycles. The molecule has 2 rings (SSSR count). The molecular formula is C21H27ClN2O4S. The summed E-state index contributed by atoms with van der Waals surface area (Å²) < 4.78 is 31.3. The molecule has 1 N–H and O–H groups in total. The first-order chi connectivity index (χ1) is 13.7. The van der Waals surface area contributed by atoms with Gasteiger partial charge in [-0.2, -0.15) is 0 Å². The van der Waals surface area contributed by atoms with Crippen LogP contribution in [0, 0.1) is 6.92 Å². The number of hydrogen-bond donors (Lipinski definition) is 1. The number of benzene rings is 2. The Hall–Kier alpha value is -2.25. The van der Waals surface area contributed by atoms with Crippen LogP contribution in [0.5, 0.6) is 5.75 Å². The largest absolute Gasteiger partial charge is 0.494 e. The third-order valence-corrected chi connectivity index (χ3v) is 6.01. The second-order valence-electron chi connectivity index (χ2n) is 6.64. The van der Waals surface area contributed by atoms with Crippen molar-refractivity contribution in [1.82, 2.24) is 5.32 Å². The van der Waals surface area contributed by atoms with Crippen molar-refractivity contribution in [2.24, 2.45) is 0 Å². The quantitative estimate of drug-likeness (QED) is 0.610. The van der Waals surface area contributed by atoms with Gasteiger partial charge in [-0.05, 0) is 44.0 Å². The molecular weight excluding hydrogens is 412 g/mol. The van der Waals surface area contributed by atoms with Gasteiger partial charge in [0.25, 0.3) is 0 Å². The van der Waals surface area contributed by atoms with E-state index >= 15 is 0 Å². The van der Waals surface area contributed by atoms with Crippen molar-refractivity contribution in [1.29, 1.82) is 0 Å². The van der Waals surface area contributed by atoms with E-state index in [1.807, 2.05) is 31.2 Å². The molecule has 0 fully saturated rings. The van der Waals surface area contributed by atoms with E-state index in [4.69, 9.17) is 16.3 Å². The maximum atomic E-state index is 12.2. The number of anilines is 1. The van der Waals surface area contributed by atoms with Gasteiger partial charge >= 0.3 is 0 Å². The lowest BCUT2D eigenvalue weighted by Gasteiger charge is -2.24. The topological polar surface area (TPSA) is 75.7 Å². The van der Waals surface area contributed by atoms with Crippen molar-refractivity contribution in [3.63, 3.8) is 0 Å². The Bertz CT molecular complexity index is 947. The Morgan fingerprint density at radius 3 is 2.59 bits per heavy atom. The Morgan fingerprint density at radius 2 is 1.90 bits per heavy atom. The van der Waals surface area contributed by atoms with Crippen molar-refractivity contribution in [3.05, 3.63) is 58.6 Å². The van der Waals surface area contributed by atoms with E-state index in [9.17, 15) is 13.2 Å². The summed E-state index contributed by atoms with van der Waals surface area (Å²) in [5.74, 6) is 0.600. The predicted molar refractivity (Wildman–Crippen MR) is 117 cm³/mol. The number of sulfonamides is 1. The zero-order valence-corrected chi connectivity index (χ0v) is 18.5. The zero-order chi connectivity index (χ0) is 21.4. The monoisotopic (exact) mass is 438 g/mol. The van der Waals surface area contributed by atoms with Gasteiger partial charge < -0.3 is 10.1 Å². The number of halogens is 1. The van der Waals surface area contributed by atoms with Gasteiger partial charge in [0.1, 0.15) is 5.75 Å². The molecule has 0 bridgehead atoms. The van der Waals surface area contributed by atoms with Crippen molar-refractivity contribution in [2.45, 2.75) is 33.2 Å². The molecule has 0 atom stereocenters. The summed E-state index contributed by atoms with van der Waals surface area (Å²) in [6, 6.07) is 12.7. The number of nitrogens with one attached hydrogen (secondary N) is 1. The number of nitrogens with zero attached hydrogens (tertiary/aromatic N) is 1. The molecule has 1 amide bonds. The van der Waals surface area contributed by atoms with Gasteiger partial charge in [-0.15, -0.1) is 0 Å². The van der Waals surface area contributed by atoms with Gasteiger partial charge in [0.05, 0.1) is 18.6 Å². The molecule has 0 aliphatic rings. The van der Waals surface area contributed by atoms with Gasteiger partial charge in [0.15, 0.2) is 0 Å². The molecule has 6 nitrogen and oxygen atoms in total. The van der Waals surface area contributed by atoms with Crippen molar-refractivity contribution in [3.8, 4) is 5.75 Å². The zero-order valence-electron chi connectivity index (χ0n) is 16.9. The number of para-hydroxylation sites is 1. The molecule has 2 aromatic rings. The highest BCUT2D eigenvalue weighted by atomic mass is 35.5. The first-order valence-electron chi connectivity index (χ1n) is 9.44. The lowest BCUT2D eigenvalue weighted by atomic mass is 10.2. The number of hydrogen-bond acceptors (Lipinski definition) is 4. The third-order valence-electron chi connectivity index (χ3n) is 4.42. The summed E-state index contributed by atoms with van der Waals surface area (Å²) in [7, 11) is -3.50. The maximum Gasteiger partial charge on any atom is 0.232 e. The molecule has 0 radical (unpaired) electrons. The fourth-order valence-corrected chi connectivity index (χ4v) is 4.13. The highest BCUT2D eigenvalue weighted by Crippen LogP contribution is 2.28. The molecule has 0 unspecified atom stereocenters. The molecule has 0 saturated heterocycles. The molecule has 8 heteroatoms. The molecule has 0 aliphatic heterocycles. The summed E-state index contributed by atoms with van der Waals surface area (Å²) in [5, 5.41) is 3.36. The standard InChI is InChI=1S/C21H27ClN2O4S/c1-4-28-20-12-6-5-9-17(20)15-23-21(25)13-8-14-24(29(3,26)27)19-11-7-10-18(22)16(19)2/h5-7,9-12H,4,8,13-15H2,1-3H3,(H,23,25). The number of carbonyl (C=O) groups excluding carboxylic acids is 1. The van der Waals surface area contributed by atoms with Crippen molar-refractivity contribution >= 4 is 33.2 Å². The fraction of sp³-hybridized carbons (Fsp3) is 0.381. The van der Waals surface area contributed by atoms with Crippen molar-refractivity contribution in [2.75, 3.05) is 23.7 Å². The summed E-state index contributed by atoms with van der Waals surface area (Å²) >= 11 is 6.13. The number of rotatable bonds is 10. The Kier molecular flexibility index (Phi) is 8.34. The van der Waals surface area contributed by atoms with Gasteiger partial charge in [0.2, 0.25) is 15.9 Å². The summed E-state index contributed by atoms with van der Waals surface area (Å²) in [5.41, 5.74) is 2.12. The van der Waals surface area contributed by atoms with E-state index in [2.05, 4.69) is 5.32 Å². The Balaban J connectivity index is 1.94. The second-order valence-corrected chi connectivity index (χ2v) is 8.95. The molecule has 0 aromatic heterocycles. The molecule has 158 valence electrons. The van der Waals surface area contributed by atoms with E-state index in [0.717, 1.165) is 17.6 Å². The van der Waals surface area contributed by atoms with E-state index < -0.39 is 10.0 Å². The molecule has 2 aromatic carbocycles. The fourth-order valence-electron chi connectivity index (χ4n) is 2.94. The minimum atomic E-state index is -3.50. The van der Waals surface area contributed by atoms with Crippen LogP contribution >= 0.6 is 11.6 Å². The van der Waals surface area contributed by atoms with Crippen LogP contribution in [0.2, 0.25) is 5.02 Å². The summed E-state index contributed by atoms with van der Waals surface area (Å²) in [4.78, 5) is 12.2. The molecule has 0 spiro atoms. The summed E-state index contributed by atoms with van der Waals surface area (Å²) in [6.45, 7) is 4.79. The van der Waals surface area contributed by atoms with Crippen LogP contribution in [0.3, 0.4) is 0 Å². The summed E-state index contributed by atoms with van der Waals surface area (Å²) in [6.07, 6.45) is 1.75. The van der Waals surface area contributed by atoms with E-state index in [1.54, 1.807) is 25.1 Å². The lowest BCUT2D eigenvalue weighted by Crippen LogP contribution is -2.32. The second kappa shape index (κ2) is 10.5. The van der Waals surface area contributed by atoms with E-state index in [-0.39, 0.29) is 18.9 Å². The average molecular weight is 439 g/mol. The predicted octanol–water partition coefficient (Wildman–Crippen LogP) is 3.91. The van der Waals surface area contributed by atoms with Crippen LogP contribution in [0.25, 0.3) is 0 Å². The SMILES string of the molecule is CCOc1ccccc1CNC(=O)CCCN(c1cccc(Cl)c1C)S(C)(=O)=O. The van der Waals surface area contributed by atoms with E-state index in [0.29, 0.717) is 35.8 Å². The number of ether oxygens (including phenoxy) is 1. The van der Waals surface area contributed by atoms with Gasteiger partial charge in [-0.3, -0.25) is 9.10 Å². The molecule has 0 heterocycles. The van der Waals surface area contributed by atoms with Gasteiger partial charge in [0, 0.05) is 30.1 Å². The number of carbonyl (C=O) groups is 1. The Labute approximate surface area is 177 Å². The smallest absolute Gasteiger partial charge is 0.232 e. The highest BCUT2D eigenvalue weighted by molar-refractivity contribution is 7.92. The molecule has 0 aliphatic carbocycles. The van der Waals surface area contributed by atoms with Crippen molar-refractivity contribution < 1.29 is 17.9 Å². The van der Waals surface area contributed by atoms with Crippen LogP contribution in [-0.2, 0) is 21.4 Å². The van der Waals surface area contributed by atoms with E-state index in [1.165, 1.54) is 4.31 Å². The first kappa shape index (κ1) is 23.0. The van der Waals surface area contributed by atoms with Gasteiger partial charge in [-0.25, -0.2) is 8.42 Å². The van der Waals surface area contributed by atoms with Crippen LogP contribution in [-0.4, -0.2) is 33.7 Å². The van der Waals surface area contributed by atoms with Crippen LogP contribution < -0.4 is 14.4 Å². The third kappa shape index (κ3) is 6.65. The van der Waals surface area contributed by atoms with Gasteiger partial charge in [-0.1, -0.05) is 35.9 Å². The Morgan fingerprint density at radius 1 is 1.17 bits per heavy atom. The maximum absolute atomic E-state index is 12.2. The normalized spacial score (nSPS) is 11.2. The highest BCUT2D eigenvalue weighted by Gasteiger charge is 2.20. The minimum absolute atomic E-state index is 0.146. The van der Waals surface area contributed by atoms with Crippen LogP contribution in [0.4, 0.5) is 5.69 Å². The average Bonchev–Trinajstić information content (AvgIpc) is 2.66. The lowest BCUT2D eigenvalue weighted by molar-refractivity contribution is -0.121. The number of amides is 1. The van der Waals surface area contributed by atoms with Crippen LogP contribution in [0.15, 0.2) is 42.5 Å².